The molecule has 0 bridgehead atoms. The van der Waals surface area contributed by atoms with Crippen molar-refractivity contribution in [3.63, 3.8) is 0 Å². The molecule has 1 aliphatic rings. The Bertz CT molecular complexity index is 842. The first kappa shape index (κ1) is 19.9. The van der Waals surface area contributed by atoms with E-state index in [1.165, 1.54) is 0 Å². The first-order valence-corrected chi connectivity index (χ1v) is 9.31. The van der Waals surface area contributed by atoms with Crippen LogP contribution in [0.25, 0.3) is 0 Å². The largest absolute Gasteiger partial charge is 0.497 e. The van der Waals surface area contributed by atoms with Crippen LogP contribution >= 0.6 is 0 Å². The van der Waals surface area contributed by atoms with Crippen LogP contribution in [0, 0.1) is 5.41 Å². The van der Waals surface area contributed by atoms with Gasteiger partial charge in [-0.05, 0) is 35.2 Å². The van der Waals surface area contributed by atoms with Gasteiger partial charge in [0.05, 0.1) is 25.6 Å². The Morgan fingerprint density at radius 1 is 1.11 bits per heavy atom. The third-order valence-corrected chi connectivity index (χ3v) is 5.29. The molecule has 2 N–H and O–H groups in total. The molecule has 2 aromatic carbocycles. The molecule has 28 heavy (non-hydrogen) atoms. The minimum atomic E-state index is -0.614. The van der Waals surface area contributed by atoms with Crippen molar-refractivity contribution < 1.29 is 19.4 Å². The number of rotatable bonds is 7. The van der Waals surface area contributed by atoms with E-state index in [4.69, 9.17) is 9.84 Å². The average Bonchev–Trinajstić information content (AvgIpc) is 2.70. The number of methoxy groups -OCH3 is 1. The van der Waals surface area contributed by atoms with Gasteiger partial charge >= 0.3 is 0 Å². The lowest BCUT2D eigenvalue weighted by Gasteiger charge is -2.49. The van der Waals surface area contributed by atoms with Crippen LogP contribution < -0.4 is 10.1 Å². The van der Waals surface area contributed by atoms with Crippen molar-refractivity contribution in [2.45, 2.75) is 19.4 Å². The molecule has 1 heterocycles. The number of nitrogens with one attached hydrogen (secondary N) is 1. The molecule has 2 amide bonds. The molecule has 0 radical (unpaired) electrons. The van der Waals surface area contributed by atoms with E-state index in [-0.39, 0.29) is 24.8 Å². The van der Waals surface area contributed by atoms with Crippen LogP contribution in [-0.2, 0) is 29.0 Å². The van der Waals surface area contributed by atoms with Gasteiger partial charge in [0, 0.05) is 20.1 Å². The van der Waals surface area contributed by atoms with Crippen LogP contribution in [0.2, 0.25) is 0 Å². The number of hydrogen-bond acceptors (Lipinski definition) is 4. The summed E-state index contributed by atoms with van der Waals surface area (Å²) in [6.45, 7) is 0.786. The Balaban J connectivity index is 1.66. The number of aliphatic hydroxyl groups is 1. The Labute approximate surface area is 165 Å². The van der Waals surface area contributed by atoms with E-state index in [9.17, 15) is 9.59 Å². The van der Waals surface area contributed by atoms with Crippen LogP contribution in [0.1, 0.15) is 16.7 Å². The van der Waals surface area contributed by atoms with Gasteiger partial charge in [0.1, 0.15) is 5.75 Å². The van der Waals surface area contributed by atoms with Crippen molar-refractivity contribution in [3.05, 3.63) is 65.2 Å². The van der Waals surface area contributed by atoms with Crippen molar-refractivity contribution >= 4 is 11.8 Å². The smallest absolute Gasteiger partial charge is 0.229 e. The molecule has 0 aliphatic carbocycles. The summed E-state index contributed by atoms with van der Waals surface area (Å²) < 4.78 is 5.27. The summed E-state index contributed by atoms with van der Waals surface area (Å²) in [6, 6.07) is 15.0. The number of amides is 2. The van der Waals surface area contributed by atoms with Crippen molar-refractivity contribution in [1.29, 1.82) is 0 Å². The predicted molar refractivity (Wildman–Crippen MR) is 106 cm³/mol. The summed E-state index contributed by atoms with van der Waals surface area (Å²) in [5.41, 5.74) is 2.11. The Morgan fingerprint density at radius 2 is 1.79 bits per heavy atom. The summed E-state index contributed by atoms with van der Waals surface area (Å²) in [6.07, 6.45) is 0.841. The van der Waals surface area contributed by atoms with Gasteiger partial charge in [-0.1, -0.05) is 36.4 Å². The van der Waals surface area contributed by atoms with Crippen LogP contribution in [0.4, 0.5) is 0 Å². The Kier molecular flexibility index (Phi) is 5.99. The monoisotopic (exact) mass is 382 g/mol. The summed E-state index contributed by atoms with van der Waals surface area (Å²) in [5.74, 6) is 0.705. The second-order valence-corrected chi connectivity index (χ2v) is 7.29. The fraction of sp³-hybridized carbons (Fsp3) is 0.364. The summed E-state index contributed by atoms with van der Waals surface area (Å²) in [4.78, 5) is 26.9. The van der Waals surface area contributed by atoms with E-state index < -0.39 is 5.41 Å². The van der Waals surface area contributed by atoms with Gasteiger partial charge in [0.25, 0.3) is 0 Å². The van der Waals surface area contributed by atoms with E-state index in [0.717, 1.165) is 22.4 Å². The molecule has 6 heteroatoms. The van der Waals surface area contributed by atoms with Crippen molar-refractivity contribution in [3.8, 4) is 5.75 Å². The van der Waals surface area contributed by atoms with E-state index in [1.54, 1.807) is 19.1 Å². The highest BCUT2D eigenvalue weighted by molar-refractivity contribution is 5.88. The molecular formula is C22H26N2O4. The molecular weight excluding hydrogens is 356 g/mol. The van der Waals surface area contributed by atoms with E-state index in [1.807, 2.05) is 48.5 Å². The molecule has 0 saturated carbocycles. The van der Waals surface area contributed by atoms with Gasteiger partial charge in [0.2, 0.25) is 11.8 Å². The van der Waals surface area contributed by atoms with Crippen LogP contribution in [-0.4, -0.2) is 49.1 Å². The maximum absolute atomic E-state index is 12.6. The minimum Gasteiger partial charge on any atom is -0.497 e. The van der Waals surface area contributed by atoms with E-state index in [2.05, 4.69) is 5.32 Å². The molecule has 6 nitrogen and oxygen atoms in total. The normalized spacial score (nSPS) is 14.9. The molecule has 0 unspecified atom stereocenters. The average molecular weight is 382 g/mol. The van der Waals surface area contributed by atoms with Gasteiger partial charge in [-0.2, -0.15) is 0 Å². The van der Waals surface area contributed by atoms with Crippen LogP contribution in [0.15, 0.2) is 48.5 Å². The quantitative estimate of drug-likeness (QED) is 0.762. The number of likely N-dealkylation sites (tertiary alicyclic amines) is 1. The van der Waals surface area contributed by atoms with Crippen molar-refractivity contribution in [1.82, 2.24) is 10.2 Å². The van der Waals surface area contributed by atoms with Gasteiger partial charge in [-0.25, -0.2) is 0 Å². The maximum Gasteiger partial charge on any atom is 0.229 e. The van der Waals surface area contributed by atoms with Crippen LogP contribution in [0.5, 0.6) is 5.75 Å². The van der Waals surface area contributed by atoms with Crippen molar-refractivity contribution in [2.24, 2.45) is 5.41 Å². The molecule has 1 aliphatic heterocycles. The topological polar surface area (TPSA) is 78.9 Å². The highest BCUT2D eigenvalue weighted by atomic mass is 16.5. The molecule has 1 fully saturated rings. The Morgan fingerprint density at radius 3 is 2.39 bits per heavy atom. The number of carbonyl (C=O) groups is 2. The molecule has 3 rings (SSSR count). The van der Waals surface area contributed by atoms with Crippen molar-refractivity contribution in [2.75, 3.05) is 27.2 Å². The van der Waals surface area contributed by atoms with E-state index in [0.29, 0.717) is 19.5 Å². The van der Waals surface area contributed by atoms with Gasteiger partial charge in [0.15, 0.2) is 0 Å². The Hall–Kier alpha value is -2.86. The summed E-state index contributed by atoms with van der Waals surface area (Å²) >= 11 is 0. The number of nitrogens with zero attached hydrogens (tertiary/aromatic N) is 1. The number of hydrogen-bond donors (Lipinski definition) is 2. The number of benzene rings is 2. The zero-order valence-electron chi connectivity index (χ0n) is 16.3. The maximum atomic E-state index is 12.6. The third kappa shape index (κ3) is 4.17. The van der Waals surface area contributed by atoms with E-state index >= 15 is 0 Å². The number of aliphatic hydroxyl groups excluding tert-OH is 1. The highest BCUT2D eigenvalue weighted by Crippen LogP contribution is 2.35. The van der Waals surface area contributed by atoms with Crippen LogP contribution in [0.3, 0.4) is 0 Å². The van der Waals surface area contributed by atoms with Gasteiger partial charge in [-0.3, -0.25) is 9.59 Å². The molecule has 148 valence electrons. The predicted octanol–water partition coefficient (Wildman–Crippen LogP) is 1.55. The van der Waals surface area contributed by atoms with Gasteiger partial charge < -0.3 is 20.1 Å². The summed E-state index contributed by atoms with van der Waals surface area (Å²) in [5, 5.41) is 11.9. The zero-order chi connectivity index (χ0) is 20.1. The lowest BCUT2D eigenvalue weighted by molar-refractivity contribution is -0.152. The zero-order valence-corrected chi connectivity index (χ0v) is 16.3. The van der Waals surface area contributed by atoms with Gasteiger partial charge in [-0.15, -0.1) is 0 Å². The molecule has 0 atom stereocenters. The lowest BCUT2D eigenvalue weighted by Crippen LogP contribution is -2.65. The lowest BCUT2D eigenvalue weighted by atomic mass is 9.73. The fourth-order valence-corrected chi connectivity index (χ4v) is 3.68. The first-order valence-electron chi connectivity index (χ1n) is 9.31. The number of carbonyl (C=O) groups excluding carboxylic acids is 2. The standard InChI is InChI=1S/C22H26N2O4/c1-23-21(27)22(12-18-4-3-5-19(10-18)28-2)14-24(15-22)20(26)11-16-6-8-17(13-25)9-7-16/h3-10,25H,11-15H2,1-2H3,(H,23,27). The second-order valence-electron chi connectivity index (χ2n) is 7.29. The first-order chi connectivity index (χ1) is 13.5. The number of ether oxygens (including phenoxy) is 1. The SMILES string of the molecule is CNC(=O)C1(Cc2cccc(OC)c2)CN(C(=O)Cc2ccc(CO)cc2)C1. The molecule has 0 aromatic heterocycles. The summed E-state index contributed by atoms with van der Waals surface area (Å²) in [7, 11) is 3.24. The fourth-order valence-electron chi connectivity index (χ4n) is 3.68. The highest BCUT2D eigenvalue weighted by Gasteiger charge is 2.50. The second kappa shape index (κ2) is 8.44. The molecule has 0 spiro atoms. The molecule has 1 saturated heterocycles. The molecule has 2 aromatic rings. The minimum absolute atomic E-state index is 0.00178. The third-order valence-electron chi connectivity index (χ3n) is 5.29.